The summed E-state index contributed by atoms with van der Waals surface area (Å²) >= 11 is 0. The molecule has 0 bridgehead atoms. The average molecular weight is 808 g/mol. The monoisotopic (exact) mass is 807 g/mol. The van der Waals surface area contributed by atoms with E-state index in [1.54, 1.807) is 81.6 Å². The second kappa shape index (κ2) is 21.2. The van der Waals surface area contributed by atoms with Gasteiger partial charge in [-0.2, -0.15) is 10.5 Å². The molecule has 5 amide bonds. The summed E-state index contributed by atoms with van der Waals surface area (Å²) in [7, 11) is 0. The Hall–Kier alpha value is -5.65. The molecule has 17 nitrogen and oxygen atoms in total. The molecular weight excluding hydrogens is 750 g/mol. The summed E-state index contributed by atoms with van der Waals surface area (Å²) in [5.41, 5.74) is 17.9. The van der Waals surface area contributed by atoms with Crippen LogP contribution in [0.5, 0.6) is 0 Å². The number of carbonyl (C=O) groups excluding carboxylic acids is 6. The Morgan fingerprint density at radius 1 is 0.897 bits per heavy atom. The van der Waals surface area contributed by atoms with E-state index in [0.29, 0.717) is 22.9 Å². The van der Waals surface area contributed by atoms with Gasteiger partial charge in [-0.05, 0) is 63.6 Å². The van der Waals surface area contributed by atoms with E-state index in [4.69, 9.17) is 26.9 Å². The number of para-hydroxylation sites is 1. The molecular formula is C41H57N7O10. The first kappa shape index (κ1) is 46.7. The number of amides is 5. The number of carbonyl (C=O) groups is 7. The number of primary amides is 1. The zero-order valence-electron chi connectivity index (χ0n) is 33.8. The maximum absolute atomic E-state index is 15.3. The van der Waals surface area contributed by atoms with Crippen LogP contribution in [0.15, 0.2) is 60.8 Å². The van der Waals surface area contributed by atoms with Gasteiger partial charge in [0.2, 0.25) is 17.7 Å². The van der Waals surface area contributed by atoms with E-state index in [2.05, 4.69) is 4.98 Å². The van der Waals surface area contributed by atoms with Crippen LogP contribution in [0.2, 0.25) is 0 Å². The quantitative estimate of drug-likeness (QED) is 0.0483. The minimum atomic E-state index is -3.22. The van der Waals surface area contributed by atoms with Crippen LogP contribution in [-0.2, 0) is 51.3 Å². The Balaban J connectivity index is 2.24. The Kier molecular flexibility index (Phi) is 17.1. The lowest BCUT2D eigenvalue weighted by molar-refractivity contribution is -0.232. The first-order chi connectivity index (χ1) is 27.3. The van der Waals surface area contributed by atoms with Gasteiger partial charge in [-0.1, -0.05) is 74.7 Å². The smallest absolute Gasteiger partial charge is 0.433 e. The topological polar surface area (TPSA) is 271 Å². The van der Waals surface area contributed by atoms with E-state index < -0.39 is 77.5 Å². The van der Waals surface area contributed by atoms with Crippen molar-refractivity contribution >= 4 is 52.4 Å². The van der Waals surface area contributed by atoms with Crippen molar-refractivity contribution in [2.75, 3.05) is 0 Å². The highest BCUT2D eigenvalue weighted by atomic mass is 16.8. The molecule has 0 saturated carbocycles. The average Bonchev–Trinajstić information content (AvgIpc) is 3.55. The molecule has 9 N–H and O–H groups in total. The third-order valence-electron chi connectivity index (χ3n) is 9.44. The number of unbranched alkanes of at least 4 members (excludes halogenated alkanes) is 2. The van der Waals surface area contributed by atoms with E-state index in [0.717, 1.165) is 31.7 Å². The van der Waals surface area contributed by atoms with Crippen molar-refractivity contribution in [3.63, 3.8) is 0 Å². The summed E-state index contributed by atoms with van der Waals surface area (Å²) in [5, 5.41) is 11.3. The van der Waals surface area contributed by atoms with Gasteiger partial charge in [0.1, 0.15) is 11.6 Å². The van der Waals surface area contributed by atoms with Crippen LogP contribution >= 0.6 is 0 Å². The van der Waals surface area contributed by atoms with Crippen molar-refractivity contribution in [1.29, 1.82) is 0 Å². The molecule has 58 heavy (non-hydrogen) atoms. The standard InChI is InChI=1S/C41H57N7O10/c1-6-7-9-17-29(42)18-14-21-34(50)41(24-35(51)52,47(26(2)49)37(54)31(43)23-28-25-45-32-20-13-12-19-30(28)32)38(55)48(58-46-39(56)57-40(3,4)5)33(36(44)53)22-27-15-10-8-11-16-27/h8,10-13,15-16,19-20,25,29,31,33,45H,6-7,9,14,17-18,21-24,42-43H2,1-5H3,(H2,44,53)(H,46,56)(H,51,52)/t29?,31-,33-,41+/m0/s1. The van der Waals surface area contributed by atoms with E-state index in [1.807, 2.05) is 12.4 Å². The molecule has 0 spiro atoms. The number of nitrogens with zero attached hydrogens (tertiary/aromatic N) is 2. The Morgan fingerprint density at radius 2 is 1.53 bits per heavy atom. The number of hydrogen-bond acceptors (Lipinski definition) is 11. The maximum Gasteiger partial charge on any atom is 0.433 e. The molecule has 3 rings (SSSR count). The van der Waals surface area contributed by atoms with Crippen molar-refractivity contribution in [2.24, 2.45) is 17.2 Å². The molecule has 0 fully saturated rings. The third kappa shape index (κ3) is 12.7. The minimum absolute atomic E-state index is 0.0301. The number of nitrogens with two attached hydrogens (primary N) is 3. The summed E-state index contributed by atoms with van der Waals surface area (Å²) in [6.07, 6.45) is 1.44. The van der Waals surface area contributed by atoms with Gasteiger partial charge in [0.15, 0.2) is 11.3 Å². The Morgan fingerprint density at radius 3 is 2.14 bits per heavy atom. The van der Waals surface area contributed by atoms with Crippen LogP contribution < -0.4 is 22.7 Å². The summed E-state index contributed by atoms with van der Waals surface area (Å²) < 4.78 is 5.23. The number of aromatic amines is 1. The number of aromatic nitrogens is 1. The highest BCUT2D eigenvalue weighted by molar-refractivity contribution is 6.19. The number of carboxylic acid groups (broad SMARTS) is 1. The number of ketones is 1. The number of aliphatic carboxylic acids is 1. The summed E-state index contributed by atoms with van der Waals surface area (Å²) in [5.74, 6) is -8.31. The molecule has 1 unspecified atom stereocenters. The zero-order chi connectivity index (χ0) is 43.2. The summed E-state index contributed by atoms with van der Waals surface area (Å²) in [6, 6.07) is 11.5. The fourth-order valence-corrected chi connectivity index (χ4v) is 6.70. The lowest BCUT2D eigenvalue weighted by atomic mass is 9.82. The van der Waals surface area contributed by atoms with Gasteiger partial charge in [-0.3, -0.25) is 33.7 Å². The molecule has 0 aliphatic heterocycles. The van der Waals surface area contributed by atoms with Crippen molar-refractivity contribution in [3.8, 4) is 0 Å². The van der Waals surface area contributed by atoms with Crippen LogP contribution in [0.3, 0.4) is 0 Å². The van der Waals surface area contributed by atoms with E-state index in [9.17, 15) is 33.9 Å². The van der Waals surface area contributed by atoms with E-state index >= 15 is 4.79 Å². The normalized spacial score (nSPS) is 14.1. The molecule has 17 heteroatoms. The second-order valence-electron chi connectivity index (χ2n) is 15.3. The number of benzene rings is 2. The van der Waals surface area contributed by atoms with Gasteiger partial charge >= 0.3 is 12.1 Å². The lowest BCUT2D eigenvalue weighted by Crippen LogP contribution is -2.71. The van der Waals surface area contributed by atoms with Crippen LogP contribution in [0.1, 0.15) is 97.1 Å². The largest absolute Gasteiger partial charge is 0.481 e. The maximum atomic E-state index is 15.3. The predicted octanol–water partition coefficient (Wildman–Crippen LogP) is 3.57. The zero-order valence-corrected chi connectivity index (χ0v) is 33.8. The van der Waals surface area contributed by atoms with Gasteiger partial charge in [0, 0.05) is 42.9 Å². The van der Waals surface area contributed by atoms with Crippen molar-refractivity contribution in [1.82, 2.24) is 20.4 Å². The fourth-order valence-electron chi connectivity index (χ4n) is 6.70. The SMILES string of the molecule is CCCCCC(N)CCCC(=O)[C@](CC(=O)O)(C(=O)N(ONC(=O)OC(C)(C)C)[C@@H](Cc1ccccc1)C(N)=O)N(C(C)=O)C(=O)[C@@H](N)Cc1c[nH]c2ccccc12. The molecule has 3 aromatic rings. The van der Waals surface area contributed by atoms with Crippen LogP contribution in [0.4, 0.5) is 4.79 Å². The van der Waals surface area contributed by atoms with Gasteiger partial charge in [0.05, 0.1) is 12.5 Å². The lowest BCUT2D eigenvalue weighted by Gasteiger charge is -2.42. The second-order valence-corrected chi connectivity index (χ2v) is 15.3. The molecule has 1 aromatic heterocycles. The highest BCUT2D eigenvalue weighted by Crippen LogP contribution is 2.31. The molecule has 0 radical (unpaired) electrons. The molecule has 316 valence electrons. The summed E-state index contributed by atoms with van der Waals surface area (Å²) in [4.78, 5) is 106. The van der Waals surface area contributed by atoms with E-state index in [1.165, 1.54) is 0 Å². The Bertz CT molecular complexity index is 1910. The van der Waals surface area contributed by atoms with Gasteiger partial charge in [-0.25, -0.2) is 4.79 Å². The number of H-pyrrole nitrogens is 1. The minimum Gasteiger partial charge on any atom is -0.481 e. The molecule has 1 heterocycles. The van der Waals surface area contributed by atoms with Crippen LogP contribution in [-0.4, -0.2) is 90.8 Å². The van der Waals surface area contributed by atoms with Gasteiger partial charge < -0.3 is 32.0 Å². The molecule has 0 saturated heterocycles. The number of nitrogens with one attached hydrogen (secondary N) is 2. The number of rotatable bonds is 22. The Labute approximate surface area is 337 Å². The van der Waals surface area contributed by atoms with E-state index in [-0.39, 0.29) is 41.7 Å². The number of ether oxygens (including phenoxy) is 1. The van der Waals surface area contributed by atoms with Crippen molar-refractivity contribution in [3.05, 3.63) is 71.9 Å². The predicted molar refractivity (Wildman–Crippen MR) is 214 cm³/mol. The fraction of sp³-hybridized carbons (Fsp3) is 0.488. The highest BCUT2D eigenvalue weighted by Gasteiger charge is 2.59. The molecule has 2 aromatic carbocycles. The first-order valence-corrected chi connectivity index (χ1v) is 19.3. The van der Waals surface area contributed by atoms with Gasteiger partial charge in [0.25, 0.3) is 5.91 Å². The number of fused-ring (bicyclic) bond motifs is 1. The summed E-state index contributed by atoms with van der Waals surface area (Å²) in [6.45, 7) is 7.53. The van der Waals surface area contributed by atoms with Crippen LogP contribution in [0, 0.1) is 0 Å². The first-order valence-electron chi connectivity index (χ1n) is 19.3. The van der Waals surface area contributed by atoms with Crippen molar-refractivity contribution < 1.29 is 48.3 Å². The number of imide groups is 1. The van der Waals surface area contributed by atoms with Crippen LogP contribution in [0.25, 0.3) is 10.9 Å². The number of hydroxylamine groups is 3. The number of hydrogen-bond donors (Lipinski definition) is 6. The third-order valence-corrected chi connectivity index (χ3v) is 9.44. The molecule has 0 aliphatic rings. The molecule has 4 atom stereocenters. The molecule has 0 aliphatic carbocycles. The number of carboxylic acids is 1. The van der Waals surface area contributed by atoms with Crippen molar-refractivity contribution in [2.45, 2.75) is 128 Å². The van der Waals surface area contributed by atoms with Gasteiger partial charge in [-0.15, -0.1) is 4.94 Å². The number of Topliss-reactive ketones (excluding diaryl/α,β-unsaturated/α-hetero) is 1.